The van der Waals surface area contributed by atoms with E-state index in [1.54, 1.807) is 6.20 Å². The Morgan fingerprint density at radius 2 is 1.86 bits per heavy atom. The Kier molecular flexibility index (Phi) is 2.51. The van der Waals surface area contributed by atoms with E-state index in [0.717, 1.165) is 44.7 Å². The fraction of sp³-hybridized carbons (Fsp3) is 0.118. The number of para-hydroxylation sites is 1. The summed E-state index contributed by atoms with van der Waals surface area (Å²) in [5, 5.41) is 1.10. The van der Waals surface area contributed by atoms with E-state index in [2.05, 4.69) is 39.0 Å². The monoisotopic (exact) mass is 274 g/mol. The number of benzene rings is 1. The molecule has 0 aliphatic rings. The number of imidazole rings is 1. The number of fused-ring (bicyclic) bond motifs is 2. The van der Waals surface area contributed by atoms with Gasteiger partial charge in [-0.1, -0.05) is 18.2 Å². The molecule has 21 heavy (non-hydrogen) atoms. The minimum Gasteiger partial charge on any atom is -0.336 e. The smallest absolute Gasteiger partial charge is 0.178 e. The Balaban J connectivity index is 2.06. The van der Waals surface area contributed by atoms with Crippen molar-refractivity contribution in [3.63, 3.8) is 0 Å². The minimum absolute atomic E-state index is 0.753. The number of aromatic nitrogens is 4. The largest absolute Gasteiger partial charge is 0.336 e. The van der Waals surface area contributed by atoms with Gasteiger partial charge >= 0.3 is 0 Å². The Morgan fingerprint density at radius 3 is 2.71 bits per heavy atom. The van der Waals surface area contributed by atoms with Gasteiger partial charge in [-0.2, -0.15) is 0 Å². The summed E-state index contributed by atoms with van der Waals surface area (Å²) in [5.74, 6) is 0.841. The van der Waals surface area contributed by atoms with Crippen LogP contribution in [0.3, 0.4) is 0 Å². The molecule has 0 aliphatic heterocycles. The molecule has 0 amide bonds. The van der Waals surface area contributed by atoms with Gasteiger partial charge in [0.1, 0.15) is 5.82 Å². The molecule has 0 spiro atoms. The number of nitrogens with one attached hydrogen (secondary N) is 1. The van der Waals surface area contributed by atoms with Crippen LogP contribution in [0.5, 0.6) is 0 Å². The Morgan fingerprint density at radius 1 is 1.00 bits per heavy atom. The summed E-state index contributed by atoms with van der Waals surface area (Å²) in [7, 11) is 0. The van der Waals surface area contributed by atoms with Gasteiger partial charge in [-0.15, -0.1) is 0 Å². The van der Waals surface area contributed by atoms with Crippen molar-refractivity contribution in [1.29, 1.82) is 0 Å². The number of pyridine rings is 2. The zero-order valence-electron chi connectivity index (χ0n) is 11.9. The SMILES string of the molecule is Cc1cc(-c2nc3nccc(C)c3[nH]2)c2ccccc2n1. The topological polar surface area (TPSA) is 54.5 Å². The third kappa shape index (κ3) is 1.88. The second-order valence-electron chi connectivity index (χ2n) is 5.24. The van der Waals surface area contributed by atoms with Gasteiger partial charge in [0, 0.05) is 22.8 Å². The van der Waals surface area contributed by atoms with Crippen molar-refractivity contribution >= 4 is 22.1 Å². The molecule has 4 heteroatoms. The fourth-order valence-electron chi connectivity index (χ4n) is 2.67. The number of hydrogen-bond donors (Lipinski definition) is 1. The third-order valence-electron chi connectivity index (χ3n) is 3.70. The summed E-state index contributed by atoms with van der Waals surface area (Å²) in [6.07, 6.45) is 1.79. The van der Waals surface area contributed by atoms with Crippen molar-refractivity contribution in [2.24, 2.45) is 0 Å². The normalized spacial score (nSPS) is 11.3. The number of H-pyrrole nitrogens is 1. The van der Waals surface area contributed by atoms with Crippen LogP contribution < -0.4 is 0 Å². The van der Waals surface area contributed by atoms with Crippen molar-refractivity contribution < 1.29 is 0 Å². The molecule has 0 saturated heterocycles. The maximum atomic E-state index is 4.64. The molecule has 3 heterocycles. The van der Waals surface area contributed by atoms with Crippen LogP contribution in [0.2, 0.25) is 0 Å². The first-order valence-corrected chi connectivity index (χ1v) is 6.90. The van der Waals surface area contributed by atoms with Crippen LogP contribution in [0.15, 0.2) is 42.6 Å². The molecule has 0 fully saturated rings. The number of aryl methyl sites for hydroxylation is 2. The van der Waals surface area contributed by atoms with Crippen molar-refractivity contribution in [3.8, 4) is 11.4 Å². The first kappa shape index (κ1) is 12.0. The van der Waals surface area contributed by atoms with Crippen LogP contribution in [0, 0.1) is 13.8 Å². The molecule has 102 valence electrons. The van der Waals surface area contributed by atoms with Gasteiger partial charge < -0.3 is 4.98 Å². The van der Waals surface area contributed by atoms with E-state index >= 15 is 0 Å². The average molecular weight is 274 g/mol. The average Bonchev–Trinajstić information content (AvgIpc) is 2.92. The van der Waals surface area contributed by atoms with E-state index in [-0.39, 0.29) is 0 Å². The molecule has 0 atom stereocenters. The maximum absolute atomic E-state index is 4.64. The lowest BCUT2D eigenvalue weighted by atomic mass is 10.1. The molecule has 4 aromatic rings. The van der Waals surface area contributed by atoms with Gasteiger partial charge in [0.15, 0.2) is 5.65 Å². The highest BCUT2D eigenvalue weighted by Gasteiger charge is 2.11. The molecular formula is C17H14N4. The van der Waals surface area contributed by atoms with E-state index in [0.29, 0.717) is 0 Å². The highest BCUT2D eigenvalue weighted by molar-refractivity contribution is 5.94. The molecule has 0 unspecified atom stereocenters. The minimum atomic E-state index is 0.753. The summed E-state index contributed by atoms with van der Waals surface area (Å²) in [4.78, 5) is 16.9. The van der Waals surface area contributed by atoms with Gasteiger partial charge in [0.2, 0.25) is 0 Å². The third-order valence-corrected chi connectivity index (χ3v) is 3.70. The van der Waals surface area contributed by atoms with Gasteiger partial charge in [0.25, 0.3) is 0 Å². The second kappa shape index (κ2) is 4.38. The zero-order chi connectivity index (χ0) is 14.4. The Labute approximate surface area is 121 Å². The summed E-state index contributed by atoms with van der Waals surface area (Å²) in [6.45, 7) is 4.06. The van der Waals surface area contributed by atoms with E-state index in [9.17, 15) is 0 Å². The fourth-order valence-corrected chi connectivity index (χ4v) is 2.67. The van der Waals surface area contributed by atoms with Crippen molar-refractivity contribution in [3.05, 3.63) is 53.9 Å². The quantitative estimate of drug-likeness (QED) is 0.574. The van der Waals surface area contributed by atoms with Gasteiger partial charge in [-0.3, -0.25) is 4.98 Å². The van der Waals surface area contributed by atoms with E-state index in [4.69, 9.17) is 0 Å². The van der Waals surface area contributed by atoms with Crippen molar-refractivity contribution in [2.45, 2.75) is 13.8 Å². The van der Waals surface area contributed by atoms with Crippen molar-refractivity contribution in [2.75, 3.05) is 0 Å². The summed E-state index contributed by atoms with van der Waals surface area (Å²) >= 11 is 0. The first-order valence-electron chi connectivity index (χ1n) is 6.90. The lowest BCUT2D eigenvalue weighted by molar-refractivity contribution is 1.24. The molecule has 4 rings (SSSR count). The summed E-state index contributed by atoms with van der Waals surface area (Å²) in [6, 6.07) is 12.2. The van der Waals surface area contributed by atoms with E-state index < -0.39 is 0 Å². The van der Waals surface area contributed by atoms with Crippen LogP contribution in [0.1, 0.15) is 11.3 Å². The molecule has 0 radical (unpaired) electrons. The molecule has 0 bridgehead atoms. The molecule has 0 aliphatic carbocycles. The number of aromatic amines is 1. The molecule has 3 aromatic heterocycles. The predicted molar refractivity (Wildman–Crippen MR) is 84.1 cm³/mol. The highest BCUT2D eigenvalue weighted by Crippen LogP contribution is 2.28. The summed E-state index contributed by atoms with van der Waals surface area (Å²) in [5.41, 5.74) is 5.92. The lowest BCUT2D eigenvalue weighted by Crippen LogP contribution is -1.89. The van der Waals surface area contributed by atoms with Gasteiger partial charge in [0.05, 0.1) is 11.0 Å². The summed E-state index contributed by atoms with van der Waals surface area (Å²) < 4.78 is 0. The molecule has 1 N–H and O–H groups in total. The van der Waals surface area contributed by atoms with Crippen LogP contribution in [-0.4, -0.2) is 19.9 Å². The highest BCUT2D eigenvalue weighted by atomic mass is 15.0. The Hall–Kier alpha value is -2.75. The zero-order valence-corrected chi connectivity index (χ0v) is 11.9. The molecule has 0 saturated carbocycles. The molecule has 1 aromatic carbocycles. The van der Waals surface area contributed by atoms with Gasteiger partial charge in [-0.05, 0) is 37.6 Å². The Bertz CT molecular complexity index is 969. The maximum Gasteiger partial charge on any atom is 0.178 e. The standard InChI is InChI=1S/C17H14N4/c1-10-7-8-18-17-15(10)20-16(21-17)13-9-11(2)19-14-6-4-3-5-12(13)14/h3-9H,1-2H3,(H,18,20,21). The number of rotatable bonds is 1. The van der Waals surface area contributed by atoms with Gasteiger partial charge in [-0.25, -0.2) is 9.97 Å². The van der Waals surface area contributed by atoms with Crippen LogP contribution in [0.25, 0.3) is 33.5 Å². The lowest BCUT2D eigenvalue weighted by Gasteiger charge is -2.05. The van der Waals surface area contributed by atoms with Crippen molar-refractivity contribution in [1.82, 2.24) is 19.9 Å². The number of nitrogens with zero attached hydrogens (tertiary/aromatic N) is 3. The van der Waals surface area contributed by atoms with E-state index in [1.165, 1.54) is 0 Å². The van der Waals surface area contributed by atoms with Crippen LogP contribution in [0.4, 0.5) is 0 Å². The first-order chi connectivity index (χ1) is 10.2. The van der Waals surface area contributed by atoms with E-state index in [1.807, 2.05) is 31.2 Å². The van der Waals surface area contributed by atoms with Crippen LogP contribution >= 0.6 is 0 Å². The second-order valence-corrected chi connectivity index (χ2v) is 5.24. The predicted octanol–water partition coefficient (Wildman–Crippen LogP) is 3.79. The molecule has 4 nitrogen and oxygen atoms in total. The molecular weight excluding hydrogens is 260 g/mol. The van der Waals surface area contributed by atoms with Crippen LogP contribution in [-0.2, 0) is 0 Å². The number of hydrogen-bond acceptors (Lipinski definition) is 3.